The molecular formula is C27H33N3O3. The number of rotatable bonds is 2. The lowest BCUT2D eigenvalue weighted by Gasteiger charge is -2.40. The molecule has 0 radical (unpaired) electrons. The number of anilines is 1. The average Bonchev–Trinajstić information content (AvgIpc) is 3.48. The van der Waals surface area contributed by atoms with Gasteiger partial charge in [-0.3, -0.25) is 4.79 Å². The summed E-state index contributed by atoms with van der Waals surface area (Å²) >= 11 is 0. The van der Waals surface area contributed by atoms with Crippen LogP contribution in [0.3, 0.4) is 0 Å². The van der Waals surface area contributed by atoms with Gasteiger partial charge in [0, 0.05) is 36.8 Å². The summed E-state index contributed by atoms with van der Waals surface area (Å²) in [5.74, 6) is 0.281. The summed E-state index contributed by atoms with van der Waals surface area (Å²) in [6.07, 6.45) is 2.72. The molecule has 0 bridgehead atoms. The van der Waals surface area contributed by atoms with E-state index in [9.17, 15) is 9.59 Å². The van der Waals surface area contributed by atoms with Crippen LogP contribution in [0.15, 0.2) is 48.5 Å². The van der Waals surface area contributed by atoms with Gasteiger partial charge in [-0.15, -0.1) is 0 Å². The second-order valence-electron chi connectivity index (χ2n) is 10.4. The van der Waals surface area contributed by atoms with E-state index in [1.807, 2.05) is 54.8 Å². The number of fused-ring (bicyclic) bond motifs is 3. The van der Waals surface area contributed by atoms with E-state index in [-0.39, 0.29) is 30.0 Å². The first kappa shape index (κ1) is 21.8. The highest BCUT2D eigenvalue weighted by atomic mass is 16.6. The van der Waals surface area contributed by atoms with Crippen molar-refractivity contribution in [3.8, 4) is 0 Å². The number of ether oxygens (including phenoxy) is 1. The molecule has 2 saturated heterocycles. The fourth-order valence-electron chi connectivity index (χ4n) is 5.53. The quantitative estimate of drug-likeness (QED) is 0.671. The van der Waals surface area contributed by atoms with E-state index in [0.29, 0.717) is 12.1 Å². The minimum Gasteiger partial charge on any atom is -0.444 e. The van der Waals surface area contributed by atoms with Crippen molar-refractivity contribution < 1.29 is 14.3 Å². The number of hydrogen-bond donors (Lipinski definition) is 1. The maximum Gasteiger partial charge on any atom is 0.410 e. The maximum atomic E-state index is 13.2. The first-order chi connectivity index (χ1) is 15.8. The van der Waals surface area contributed by atoms with Crippen LogP contribution in [0.5, 0.6) is 0 Å². The van der Waals surface area contributed by atoms with Gasteiger partial charge in [0.05, 0.1) is 12.1 Å². The largest absolute Gasteiger partial charge is 0.444 e. The molecular weight excluding hydrogens is 414 g/mol. The van der Waals surface area contributed by atoms with Gasteiger partial charge in [-0.2, -0.15) is 0 Å². The van der Waals surface area contributed by atoms with Gasteiger partial charge in [0.25, 0.3) is 5.91 Å². The van der Waals surface area contributed by atoms with Crippen molar-refractivity contribution in [1.82, 2.24) is 9.80 Å². The third-order valence-electron chi connectivity index (χ3n) is 6.98. The van der Waals surface area contributed by atoms with Gasteiger partial charge in [0.2, 0.25) is 0 Å². The summed E-state index contributed by atoms with van der Waals surface area (Å²) in [5.41, 5.74) is 3.35. The molecule has 3 aliphatic heterocycles. The number of amides is 2. The number of hydrogen-bond acceptors (Lipinski definition) is 4. The van der Waals surface area contributed by atoms with E-state index in [1.54, 1.807) is 0 Å². The highest BCUT2D eigenvalue weighted by Gasteiger charge is 2.47. The summed E-state index contributed by atoms with van der Waals surface area (Å²) in [6.45, 7) is 7.97. The average molecular weight is 448 g/mol. The lowest BCUT2D eigenvalue weighted by Crippen LogP contribution is -2.40. The van der Waals surface area contributed by atoms with Gasteiger partial charge in [0.1, 0.15) is 5.60 Å². The molecule has 6 heteroatoms. The summed E-state index contributed by atoms with van der Waals surface area (Å²) in [6, 6.07) is 16.3. The number of carbonyl (C=O) groups is 2. The highest BCUT2D eigenvalue weighted by molar-refractivity contribution is 5.95. The molecule has 1 unspecified atom stereocenters. The first-order valence-electron chi connectivity index (χ1n) is 12.1. The first-order valence-corrected chi connectivity index (χ1v) is 12.1. The van der Waals surface area contributed by atoms with Crippen LogP contribution in [-0.2, 0) is 4.74 Å². The van der Waals surface area contributed by atoms with E-state index in [1.165, 1.54) is 5.56 Å². The molecule has 5 rings (SSSR count). The number of likely N-dealkylation sites (tertiary alicyclic amines) is 2. The molecule has 2 aromatic rings. The SMILES string of the molecule is CC(C)(C)OC(=O)N1CC[C@H]2C(c3ccccc3)Nc3ccc(C(=O)N4CCCC4)cc3[C@H]21. The highest BCUT2D eigenvalue weighted by Crippen LogP contribution is 2.51. The van der Waals surface area contributed by atoms with Gasteiger partial charge in [-0.05, 0) is 69.4 Å². The Kier molecular flexibility index (Phi) is 5.55. The fraction of sp³-hybridized carbons (Fsp3) is 0.481. The Morgan fingerprint density at radius 3 is 2.42 bits per heavy atom. The van der Waals surface area contributed by atoms with E-state index in [0.717, 1.165) is 43.6 Å². The number of carbonyl (C=O) groups excluding carboxylic acids is 2. The number of nitrogens with zero attached hydrogens (tertiary/aromatic N) is 2. The Bertz CT molecular complexity index is 1040. The third kappa shape index (κ3) is 4.19. The third-order valence-corrected chi connectivity index (χ3v) is 6.98. The van der Waals surface area contributed by atoms with Gasteiger partial charge >= 0.3 is 6.09 Å². The smallest absolute Gasteiger partial charge is 0.410 e. The van der Waals surface area contributed by atoms with Crippen LogP contribution in [0.1, 0.15) is 73.6 Å². The zero-order valence-corrected chi connectivity index (χ0v) is 19.7. The van der Waals surface area contributed by atoms with Crippen molar-refractivity contribution in [2.24, 2.45) is 5.92 Å². The van der Waals surface area contributed by atoms with E-state index in [4.69, 9.17) is 4.74 Å². The van der Waals surface area contributed by atoms with Gasteiger partial charge in [0.15, 0.2) is 0 Å². The fourth-order valence-corrected chi connectivity index (χ4v) is 5.53. The predicted octanol–water partition coefficient (Wildman–Crippen LogP) is 5.39. The van der Waals surface area contributed by atoms with Crippen molar-refractivity contribution in [3.63, 3.8) is 0 Å². The van der Waals surface area contributed by atoms with Crippen molar-refractivity contribution in [2.75, 3.05) is 25.0 Å². The topological polar surface area (TPSA) is 61.9 Å². The molecule has 3 atom stereocenters. The standard InChI is InChI=1S/C27H33N3O3/c1-27(2,3)33-26(32)30-16-13-20-23(18-9-5-4-6-10-18)28-22-12-11-19(17-21(22)24(20)30)25(31)29-14-7-8-15-29/h4-6,9-12,17,20,23-24,28H,7-8,13-16H2,1-3H3/t20-,23?,24-/m0/s1. The normalized spacial score (nSPS) is 24.2. The molecule has 0 saturated carbocycles. The van der Waals surface area contributed by atoms with Gasteiger partial charge in [-0.1, -0.05) is 30.3 Å². The predicted molar refractivity (Wildman–Crippen MR) is 128 cm³/mol. The Labute approximate surface area is 195 Å². The maximum absolute atomic E-state index is 13.2. The van der Waals surface area contributed by atoms with Crippen molar-refractivity contribution in [1.29, 1.82) is 0 Å². The molecule has 1 N–H and O–H groups in total. The van der Waals surface area contributed by atoms with Gasteiger partial charge in [-0.25, -0.2) is 4.79 Å². The van der Waals surface area contributed by atoms with Crippen LogP contribution in [0.25, 0.3) is 0 Å². The van der Waals surface area contributed by atoms with Crippen LogP contribution in [0, 0.1) is 5.92 Å². The Morgan fingerprint density at radius 2 is 1.73 bits per heavy atom. The zero-order valence-electron chi connectivity index (χ0n) is 19.7. The van der Waals surface area contributed by atoms with E-state index >= 15 is 0 Å². The minimum absolute atomic E-state index is 0.0823. The molecule has 33 heavy (non-hydrogen) atoms. The van der Waals surface area contributed by atoms with Crippen LogP contribution >= 0.6 is 0 Å². The zero-order chi connectivity index (χ0) is 23.2. The van der Waals surface area contributed by atoms with Crippen molar-refractivity contribution in [3.05, 3.63) is 65.2 Å². The second kappa shape index (κ2) is 8.40. The molecule has 174 valence electrons. The molecule has 6 nitrogen and oxygen atoms in total. The van der Waals surface area contributed by atoms with Crippen molar-refractivity contribution in [2.45, 2.75) is 57.7 Å². The molecule has 2 aromatic carbocycles. The molecule has 3 heterocycles. The molecule has 2 amide bonds. The molecule has 0 aromatic heterocycles. The van der Waals surface area contributed by atoms with Crippen LogP contribution in [0.4, 0.5) is 10.5 Å². The summed E-state index contributed by atoms with van der Waals surface area (Å²) in [4.78, 5) is 30.1. The van der Waals surface area contributed by atoms with Crippen LogP contribution in [-0.4, -0.2) is 47.0 Å². The van der Waals surface area contributed by atoms with E-state index in [2.05, 4.69) is 29.6 Å². The lowest BCUT2D eigenvalue weighted by molar-refractivity contribution is 0.0198. The van der Waals surface area contributed by atoms with E-state index < -0.39 is 5.60 Å². The Morgan fingerprint density at radius 1 is 1.00 bits per heavy atom. The van der Waals surface area contributed by atoms with Gasteiger partial charge < -0.3 is 19.9 Å². The molecule has 0 aliphatic carbocycles. The monoisotopic (exact) mass is 447 g/mol. The minimum atomic E-state index is -0.558. The summed E-state index contributed by atoms with van der Waals surface area (Å²) < 4.78 is 5.78. The van der Waals surface area contributed by atoms with Crippen molar-refractivity contribution >= 4 is 17.7 Å². The number of benzene rings is 2. The van der Waals surface area contributed by atoms with Crippen LogP contribution < -0.4 is 5.32 Å². The summed E-state index contributed by atoms with van der Waals surface area (Å²) in [7, 11) is 0. The Hall–Kier alpha value is -3.02. The molecule has 3 aliphatic rings. The lowest BCUT2D eigenvalue weighted by atomic mass is 9.79. The Balaban J connectivity index is 1.54. The van der Waals surface area contributed by atoms with Crippen LogP contribution in [0.2, 0.25) is 0 Å². The second-order valence-corrected chi connectivity index (χ2v) is 10.4. The number of nitrogens with one attached hydrogen (secondary N) is 1. The molecule has 0 spiro atoms. The molecule has 2 fully saturated rings. The summed E-state index contributed by atoms with van der Waals surface area (Å²) in [5, 5.41) is 3.72.